The van der Waals surface area contributed by atoms with Crippen molar-refractivity contribution in [3.8, 4) is 0 Å². The van der Waals surface area contributed by atoms with Gasteiger partial charge in [-0.15, -0.1) is 11.3 Å². The molecular formula is C18H22N2O3S. The van der Waals surface area contributed by atoms with Crippen molar-refractivity contribution in [1.82, 2.24) is 9.80 Å². The number of hydrogen-bond acceptors (Lipinski definition) is 5. The first-order valence-corrected chi connectivity index (χ1v) is 9.32. The zero-order valence-corrected chi connectivity index (χ0v) is 14.4. The van der Waals surface area contributed by atoms with Gasteiger partial charge in [-0.05, 0) is 23.6 Å². The smallest absolute Gasteiger partial charge is 0.227 e. The summed E-state index contributed by atoms with van der Waals surface area (Å²) in [5, 5.41) is 2.02. The molecule has 0 unspecified atom stereocenters. The van der Waals surface area contributed by atoms with E-state index < -0.39 is 0 Å². The van der Waals surface area contributed by atoms with E-state index in [1.54, 1.807) is 17.6 Å². The Balaban J connectivity index is 1.36. The fourth-order valence-electron chi connectivity index (χ4n) is 3.61. The molecule has 24 heavy (non-hydrogen) atoms. The molecule has 1 amide bonds. The van der Waals surface area contributed by atoms with Crippen molar-refractivity contribution in [2.75, 3.05) is 32.8 Å². The maximum atomic E-state index is 12.5. The molecule has 4 rings (SSSR count). The van der Waals surface area contributed by atoms with E-state index in [0.29, 0.717) is 12.3 Å². The molecule has 0 N–H and O–H groups in total. The molecule has 2 aromatic heterocycles. The normalized spacial score (nSPS) is 24.8. The molecule has 0 aliphatic carbocycles. The summed E-state index contributed by atoms with van der Waals surface area (Å²) in [4.78, 5) is 18.0. The molecule has 2 aromatic rings. The second kappa shape index (κ2) is 7.09. The van der Waals surface area contributed by atoms with Crippen molar-refractivity contribution < 1.29 is 13.9 Å². The summed E-state index contributed by atoms with van der Waals surface area (Å²) in [7, 11) is 0. The topological polar surface area (TPSA) is 45.9 Å². The van der Waals surface area contributed by atoms with Gasteiger partial charge in [-0.1, -0.05) is 6.07 Å². The van der Waals surface area contributed by atoms with Crippen LogP contribution in [0, 0.1) is 5.92 Å². The van der Waals surface area contributed by atoms with Crippen molar-refractivity contribution in [2.24, 2.45) is 5.92 Å². The van der Waals surface area contributed by atoms with Crippen LogP contribution in [-0.4, -0.2) is 54.6 Å². The number of carbonyl (C=O) groups is 1. The lowest BCUT2D eigenvalue weighted by Crippen LogP contribution is -2.34. The summed E-state index contributed by atoms with van der Waals surface area (Å²) in [5.41, 5.74) is 0. The zero-order chi connectivity index (χ0) is 16.4. The summed E-state index contributed by atoms with van der Waals surface area (Å²) in [6.45, 7) is 4.91. The molecule has 6 heteroatoms. The van der Waals surface area contributed by atoms with Crippen molar-refractivity contribution >= 4 is 17.2 Å². The number of ether oxygens (including phenoxy) is 1. The lowest BCUT2D eigenvalue weighted by atomic mass is 10.1. The van der Waals surface area contributed by atoms with Crippen LogP contribution in [-0.2, 0) is 22.5 Å². The molecule has 2 fully saturated rings. The van der Waals surface area contributed by atoms with Crippen LogP contribution in [0.15, 0.2) is 40.3 Å². The van der Waals surface area contributed by atoms with Gasteiger partial charge in [0.15, 0.2) is 0 Å². The maximum Gasteiger partial charge on any atom is 0.227 e. The number of fused-ring (bicyclic) bond motifs is 1. The van der Waals surface area contributed by atoms with Crippen LogP contribution in [0.4, 0.5) is 0 Å². The van der Waals surface area contributed by atoms with Gasteiger partial charge < -0.3 is 14.1 Å². The Kier molecular flexibility index (Phi) is 4.69. The van der Waals surface area contributed by atoms with E-state index >= 15 is 0 Å². The van der Waals surface area contributed by atoms with Gasteiger partial charge in [0.05, 0.1) is 31.9 Å². The van der Waals surface area contributed by atoms with Crippen molar-refractivity contribution in [3.63, 3.8) is 0 Å². The molecule has 5 nitrogen and oxygen atoms in total. The third-order valence-electron chi connectivity index (χ3n) is 4.83. The third-order valence-corrected chi connectivity index (χ3v) is 5.71. The lowest BCUT2D eigenvalue weighted by Gasteiger charge is -2.22. The first-order valence-electron chi connectivity index (χ1n) is 8.44. The molecule has 4 heterocycles. The van der Waals surface area contributed by atoms with Gasteiger partial charge in [0, 0.05) is 37.0 Å². The van der Waals surface area contributed by atoms with Crippen molar-refractivity contribution in [1.29, 1.82) is 0 Å². The number of carbonyl (C=O) groups excluding carboxylic acids is 1. The largest absolute Gasteiger partial charge is 0.468 e. The van der Waals surface area contributed by atoms with Crippen LogP contribution in [0.5, 0.6) is 0 Å². The molecule has 0 saturated carbocycles. The van der Waals surface area contributed by atoms with Gasteiger partial charge in [0.25, 0.3) is 0 Å². The van der Waals surface area contributed by atoms with Gasteiger partial charge in [0.1, 0.15) is 5.76 Å². The molecule has 0 spiro atoms. The van der Waals surface area contributed by atoms with Crippen LogP contribution in [0.3, 0.4) is 0 Å². The Hall–Kier alpha value is -1.63. The van der Waals surface area contributed by atoms with Gasteiger partial charge in [-0.3, -0.25) is 9.69 Å². The summed E-state index contributed by atoms with van der Waals surface area (Å²) in [6.07, 6.45) is 2.39. The Bertz CT molecular complexity index is 656. The van der Waals surface area contributed by atoms with Crippen LogP contribution >= 0.6 is 11.3 Å². The summed E-state index contributed by atoms with van der Waals surface area (Å²) in [5.74, 6) is 1.58. The molecule has 0 aromatic carbocycles. The van der Waals surface area contributed by atoms with Gasteiger partial charge >= 0.3 is 0 Å². The van der Waals surface area contributed by atoms with Crippen molar-refractivity contribution in [2.45, 2.75) is 19.1 Å². The van der Waals surface area contributed by atoms with Crippen LogP contribution in [0.25, 0.3) is 0 Å². The Labute approximate surface area is 145 Å². The standard InChI is InChI=1S/C18H22N2O3S/c21-18(9-16-4-2-8-24-16)20-11-14-10-19(5-7-23-17(14)13-20)12-15-3-1-6-22-15/h1-4,6,8,14,17H,5,7,9-13H2/t14-,17+/m1/s1. The Morgan fingerprint density at radius 1 is 1.25 bits per heavy atom. The van der Waals surface area contributed by atoms with E-state index in [4.69, 9.17) is 9.15 Å². The van der Waals surface area contributed by atoms with Crippen molar-refractivity contribution in [3.05, 3.63) is 46.5 Å². The molecule has 0 radical (unpaired) electrons. The van der Waals surface area contributed by atoms with Crippen LogP contribution in [0.2, 0.25) is 0 Å². The highest BCUT2D eigenvalue weighted by Gasteiger charge is 2.38. The SMILES string of the molecule is O=C(Cc1cccs1)N1C[C@H]2CN(Cc3ccco3)CCO[C@H]2C1. The maximum absolute atomic E-state index is 12.5. The molecule has 2 aliphatic heterocycles. The number of hydrogen-bond donors (Lipinski definition) is 0. The minimum absolute atomic E-state index is 0.166. The average molecular weight is 346 g/mol. The predicted molar refractivity (Wildman–Crippen MR) is 91.8 cm³/mol. The molecule has 2 aliphatic rings. The average Bonchev–Trinajstić information content (AvgIpc) is 3.29. The minimum Gasteiger partial charge on any atom is -0.468 e. The minimum atomic E-state index is 0.166. The first-order chi connectivity index (χ1) is 11.8. The number of likely N-dealkylation sites (tertiary alicyclic amines) is 1. The third kappa shape index (κ3) is 3.55. The first kappa shape index (κ1) is 15.9. The Morgan fingerprint density at radius 2 is 2.21 bits per heavy atom. The second-order valence-electron chi connectivity index (χ2n) is 6.54. The Morgan fingerprint density at radius 3 is 3.00 bits per heavy atom. The van der Waals surface area contributed by atoms with E-state index in [2.05, 4.69) is 4.90 Å². The fourth-order valence-corrected chi connectivity index (χ4v) is 4.30. The monoisotopic (exact) mass is 346 g/mol. The molecule has 2 atom stereocenters. The number of amides is 1. The number of nitrogens with zero attached hydrogens (tertiary/aromatic N) is 2. The zero-order valence-electron chi connectivity index (χ0n) is 13.6. The van der Waals surface area contributed by atoms with E-state index in [1.165, 1.54) is 0 Å². The quantitative estimate of drug-likeness (QED) is 0.852. The van der Waals surface area contributed by atoms with E-state index in [0.717, 1.165) is 50.0 Å². The summed E-state index contributed by atoms with van der Waals surface area (Å²) < 4.78 is 11.5. The lowest BCUT2D eigenvalue weighted by molar-refractivity contribution is -0.130. The number of thiophene rings is 1. The van der Waals surface area contributed by atoms with E-state index in [9.17, 15) is 4.79 Å². The summed E-state index contributed by atoms with van der Waals surface area (Å²) >= 11 is 1.64. The molecule has 0 bridgehead atoms. The fraction of sp³-hybridized carbons (Fsp3) is 0.500. The van der Waals surface area contributed by atoms with E-state index in [-0.39, 0.29) is 12.0 Å². The van der Waals surface area contributed by atoms with Crippen LogP contribution < -0.4 is 0 Å². The van der Waals surface area contributed by atoms with E-state index in [1.807, 2.05) is 34.5 Å². The highest BCUT2D eigenvalue weighted by molar-refractivity contribution is 7.10. The highest BCUT2D eigenvalue weighted by atomic mass is 32.1. The molecule has 128 valence electrons. The van der Waals surface area contributed by atoms with Crippen LogP contribution in [0.1, 0.15) is 10.6 Å². The number of rotatable bonds is 4. The van der Waals surface area contributed by atoms with Gasteiger partial charge in [0.2, 0.25) is 5.91 Å². The highest BCUT2D eigenvalue weighted by Crippen LogP contribution is 2.25. The molecular weight excluding hydrogens is 324 g/mol. The number of furan rings is 1. The van der Waals surface area contributed by atoms with Gasteiger partial charge in [-0.25, -0.2) is 0 Å². The summed E-state index contributed by atoms with van der Waals surface area (Å²) in [6, 6.07) is 7.96. The predicted octanol–water partition coefficient (Wildman–Crippen LogP) is 2.24. The molecule has 2 saturated heterocycles. The second-order valence-corrected chi connectivity index (χ2v) is 7.57. The van der Waals surface area contributed by atoms with Gasteiger partial charge in [-0.2, -0.15) is 0 Å².